The maximum absolute atomic E-state index is 12.2. The van der Waals surface area contributed by atoms with Crippen molar-refractivity contribution in [2.45, 2.75) is 11.6 Å². The van der Waals surface area contributed by atoms with Crippen molar-refractivity contribution in [2.75, 3.05) is 6.26 Å². The van der Waals surface area contributed by atoms with E-state index in [9.17, 15) is 4.79 Å². The van der Waals surface area contributed by atoms with Crippen molar-refractivity contribution >= 4 is 23.3 Å². The number of nitrogens with one attached hydrogen (secondary N) is 1. The summed E-state index contributed by atoms with van der Waals surface area (Å²) in [6, 6.07) is 3.53. The van der Waals surface area contributed by atoms with Gasteiger partial charge in [0.25, 0.3) is 5.91 Å². The van der Waals surface area contributed by atoms with Crippen LogP contribution < -0.4 is 5.32 Å². The van der Waals surface area contributed by atoms with Gasteiger partial charge in [-0.25, -0.2) is 9.97 Å². The van der Waals surface area contributed by atoms with Crippen molar-refractivity contribution in [1.29, 1.82) is 0 Å². The quantitative estimate of drug-likeness (QED) is 0.743. The van der Waals surface area contributed by atoms with E-state index in [0.717, 1.165) is 16.4 Å². The maximum Gasteiger partial charge on any atom is 0.254 e. The molecule has 0 unspecified atom stereocenters. The highest BCUT2D eigenvalue weighted by Crippen LogP contribution is 2.16. The smallest absolute Gasteiger partial charge is 0.254 e. The summed E-state index contributed by atoms with van der Waals surface area (Å²) in [5.41, 5.74) is 2.24. The fraction of sp³-hybridized carbons (Fsp3) is 0.143. The van der Waals surface area contributed by atoms with E-state index in [1.807, 2.05) is 16.9 Å². The van der Waals surface area contributed by atoms with E-state index in [2.05, 4.69) is 20.3 Å². The number of rotatable bonds is 4. The summed E-state index contributed by atoms with van der Waals surface area (Å²) < 4.78 is 1.89. The van der Waals surface area contributed by atoms with E-state index in [-0.39, 0.29) is 5.91 Å². The van der Waals surface area contributed by atoms with Gasteiger partial charge in [-0.1, -0.05) is 0 Å². The minimum absolute atomic E-state index is 0.142. The van der Waals surface area contributed by atoms with Crippen LogP contribution in [0.4, 0.5) is 0 Å². The second-order valence-corrected chi connectivity index (χ2v) is 5.09. The van der Waals surface area contributed by atoms with Crippen molar-refractivity contribution in [3.05, 3.63) is 54.4 Å². The Hall–Kier alpha value is -2.41. The van der Waals surface area contributed by atoms with Crippen LogP contribution in [-0.4, -0.2) is 31.5 Å². The molecule has 1 amide bonds. The molecule has 0 aliphatic heterocycles. The summed E-state index contributed by atoms with van der Waals surface area (Å²) in [7, 11) is 0. The van der Waals surface area contributed by atoms with Gasteiger partial charge >= 0.3 is 0 Å². The molecule has 3 rings (SSSR count). The molecule has 0 bridgehead atoms. The normalized spacial score (nSPS) is 10.7. The van der Waals surface area contributed by atoms with Crippen molar-refractivity contribution in [3.63, 3.8) is 0 Å². The Morgan fingerprint density at radius 3 is 3.10 bits per heavy atom. The minimum Gasteiger partial charge on any atom is -0.346 e. The number of hydrogen-bond donors (Lipinski definition) is 1. The third-order valence-corrected chi connectivity index (χ3v) is 3.75. The molecule has 0 fully saturated rings. The number of carbonyl (C=O) groups excluding carboxylic acids is 1. The Kier molecular flexibility index (Phi) is 3.83. The number of pyridine rings is 1. The SMILES string of the molecule is CSc1ncccc1C(=O)NCc1cnc2cnccn12. The second-order valence-electron chi connectivity index (χ2n) is 4.30. The number of amides is 1. The third kappa shape index (κ3) is 2.73. The van der Waals surface area contributed by atoms with Crippen molar-refractivity contribution < 1.29 is 4.79 Å². The average molecular weight is 299 g/mol. The van der Waals surface area contributed by atoms with Gasteiger partial charge in [0.05, 0.1) is 30.2 Å². The molecule has 0 aromatic carbocycles. The van der Waals surface area contributed by atoms with E-state index in [0.29, 0.717) is 12.1 Å². The topological polar surface area (TPSA) is 72.2 Å². The van der Waals surface area contributed by atoms with Gasteiger partial charge < -0.3 is 5.32 Å². The lowest BCUT2D eigenvalue weighted by molar-refractivity contribution is 0.0946. The van der Waals surface area contributed by atoms with Gasteiger partial charge in [0.1, 0.15) is 5.03 Å². The van der Waals surface area contributed by atoms with E-state index in [4.69, 9.17) is 0 Å². The summed E-state index contributed by atoms with van der Waals surface area (Å²) in [4.78, 5) is 24.7. The molecule has 0 atom stereocenters. The zero-order valence-corrected chi connectivity index (χ0v) is 12.2. The monoisotopic (exact) mass is 299 g/mol. The molecule has 0 saturated carbocycles. The zero-order chi connectivity index (χ0) is 14.7. The summed E-state index contributed by atoms with van der Waals surface area (Å²) in [5.74, 6) is -0.142. The Balaban J connectivity index is 1.77. The van der Waals surface area contributed by atoms with Gasteiger partial charge in [0.2, 0.25) is 0 Å². The number of carbonyl (C=O) groups is 1. The largest absolute Gasteiger partial charge is 0.346 e. The average Bonchev–Trinajstić information content (AvgIpc) is 2.96. The highest BCUT2D eigenvalue weighted by atomic mass is 32.2. The molecule has 3 aromatic heterocycles. The minimum atomic E-state index is -0.142. The van der Waals surface area contributed by atoms with Gasteiger partial charge in [0.15, 0.2) is 5.65 Å². The van der Waals surface area contributed by atoms with E-state index in [1.54, 1.807) is 36.9 Å². The molecule has 0 aliphatic carbocycles. The van der Waals surface area contributed by atoms with Crippen LogP contribution in [-0.2, 0) is 6.54 Å². The molecule has 0 saturated heterocycles. The van der Waals surface area contributed by atoms with Crippen LogP contribution in [0, 0.1) is 0 Å². The summed E-state index contributed by atoms with van der Waals surface area (Å²) in [5, 5.41) is 3.61. The van der Waals surface area contributed by atoms with Crippen LogP contribution in [0.2, 0.25) is 0 Å². The van der Waals surface area contributed by atoms with Crippen LogP contribution >= 0.6 is 11.8 Å². The zero-order valence-electron chi connectivity index (χ0n) is 11.4. The lowest BCUT2D eigenvalue weighted by atomic mass is 10.2. The van der Waals surface area contributed by atoms with Gasteiger partial charge in [-0.05, 0) is 18.4 Å². The van der Waals surface area contributed by atoms with Crippen LogP contribution in [0.3, 0.4) is 0 Å². The standard InChI is InChI=1S/C14H13N5OS/c1-21-14-11(3-2-4-16-14)13(20)18-8-10-7-17-12-9-15-5-6-19(10)12/h2-7,9H,8H2,1H3,(H,18,20). The fourth-order valence-electron chi connectivity index (χ4n) is 2.02. The van der Waals surface area contributed by atoms with Crippen LogP contribution in [0.15, 0.2) is 48.1 Å². The lowest BCUT2D eigenvalue weighted by Gasteiger charge is -2.07. The van der Waals surface area contributed by atoms with Crippen LogP contribution in [0.5, 0.6) is 0 Å². The van der Waals surface area contributed by atoms with Crippen molar-refractivity contribution in [2.24, 2.45) is 0 Å². The Morgan fingerprint density at radius 2 is 2.24 bits per heavy atom. The van der Waals surface area contributed by atoms with Crippen molar-refractivity contribution in [3.8, 4) is 0 Å². The summed E-state index contributed by atoms with van der Waals surface area (Å²) in [6.07, 6.45) is 10.5. The Bertz CT molecular complexity index is 786. The molecule has 106 valence electrons. The molecule has 0 aliphatic rings. The van der Waals surface area contributed by atoms with Gasteiger partial charge in [-0.2, -0.15) is 0 Å². The summed E-state index contributed by atoms with van der Waals surface area (Å²) >= 11 is 1.45. The number of imidazole rings is 1. The van der Waals surface area contributed by atoms with E-state index in [1.165, 1.54) is 11.8 Å². The number of aromatic nitrogens is 4. The number of fused-ring (bicyclic) bond motifs is 1. The van der Waals surface area contributed by atoms with Gasteiger partial charge in [0, 0.05) is 18.6 Å². The number of hydrogen-bond acceptors (Lipinski definition) is 5. The molecule has 0 spiro atoms. The van der Waals surface area contributed by atoms with E-state index >= 15 is 0 Å². The molecule has 3 heterocycles. The predicted octanol–water partition coefficient (Wildman–Crippen LogP) is 1.78. The van der Waals surface area contributed by atoms with Gasteiger partial charge in [-0.15, -0.1) is 11.8 Å². The third-order valence-electron chi connectivity index (χ3n) is 3.03. The molecule has 3 aromatic rings. The molecule has 6 nitrogen and oxygen atoms in total. The molecular weight excluding hydrogens is 286 g/mol. The fourth-order valence-corrected chi connectivity index (χ4v) is 2.56. The van der Waals surface area contributed by atoms with Crippen LogP contribution in [0.1, 0.15) is 16.1 Å². The first kappa shape index (κ1) is 13.6. The summed E-state index contributed by atoms with van der Waals surface area (Å²) in [6.45, 7) is 0.396. The van der Waals surface area contributed by atoms with Gasteiger partial charge in [-0.3, -0.25) is 14.2 Å². The maximum atomic E-state index is 12.2. The molecule has 7 heteroatoms. The number of thioether (sulfide) groups is 1. The predicted molar refractivity (Wildman–Crippen MR) is 80.2 cm³/mol. The molecule has 21 heavy (non-hydrogen) atoms. The molecular formula is C14H13N5OS. The molecule has 0 radical (unpaired) electrons. The highest BCUT2D eigenvalue weighted by molar-refractivity contribution is 7.98. The first-order valence-electron chi connectivity index (χ1n) is 6.33. The Morgan fingerprint density at radius 1 is 1.33 bits per heavy atom. The first-order chi connectivity index (χ1) is 10.3. The second kappa shape index (κ2) is 5.92. The van der Waals surface area contributed by atoms with Crippen LogP contribution in [0.25, 0.3) is 5.65 Å². The first-order valence-corrected chi connectivity index (χ1v) is 7.55. The van der Waals surface area contributed by atoms with E-state index < -0.39 is 0 Å². The highest BCUT2D eigenvalue weighted by Gasteiger charge is 2.12. The number of nitrogens with zero attached hydrogens (tertiary/aromatic N) is 4. The Labute approximate surface area is 125 Å². The van der Waals surface area contributed by atoms with Crippen molar-refractivity contribution in [1.82, 2.24) is 24.7 Å². The molecule has 1 N–H and O–H groups in total. The lowest BCUT2D eigenvalue weighted by Crippen LogP contribution is -2.24.